The summed E-state index contributed by atoms with van der Waals surface area (Å²) in [5, 5.41) is -0.0584. The van der Waals surface area contributed by atoms with Gasteiger partial charge in [0.1, 0.15) is 5.02 Å². The third kappa shape index (κ3) is 2.50. The Hall–Kier alpha value is -0.510. The van der Waals surface area contributed by atoms with E-state index in [9.17, 15) is 4.79 Å². The standard InChI is InChI=1S/C8H7Cl3N2O/c1-5(2-9)3-13-4-12-7(11)6(10)8(13)14/h2,4H,3H2,1H3. The first-order valence-corrected chi connectivity index (χ1v) is 4.91. The van der Waals surface area contributed by atoms with Crippen molar-refractivity contribution in [2.24, 2.45) is 0 Å². The second-order valence-corrected chi connectivity index (χ2v) is 3.69. The fraction of sp³-hybridized carbons (Fsp3) is 0.250. The zero-order valence-electron chi connectivity index (χ0n) is 7.30. The van der Waals surface area contributed by atoms with Crippen molar-refractivity contribution >= 4 is 34.8 Å². The first-order chi connectivity index (χ1) is 6.56. The molecule has 0 atom stereocenters. The molecule has 0 radical (unpaired) electrons. The maximum atomic E-state index is 11.5. The molecule has 0 bridgehead atoms. The normalized spacial score (nSPS) is 11.9. The minimum Gasteiger partial charge on any atom is -0.294 e. The molecule has 1 aromatic heterocycles. The van der Waals surface area contributed by atoms with E-state index in [1.807, 2.05) is 0 Å². The van der Waals surface area contributed by atoms with Crippen LogP contribution < -0.4 is 5.56 Å². The molecule has 0 N–H and O–H groups in total. The van der Waals surface area contributed by atoms with Crippen molar-refractivity contribution in [3.05, 3.63) is 38.0 Å². The van der Waals surface area contributed by atoms with Gasteiger partial charge in [0.05, 0.1) is 6.33 Å². The SMILES string of the molecule is CC(=CCl)Cn1cnc(Cl)c(Cl)c1=O. The van der Waals surface area contributed by atoms with Crippen molar-refractivity contribution in [2.45, 2.75) is 13.5 Å². The summed E-state index contributed by atoms with van der Waals surface area (Å²) >= 11 is 16.7. The number of nitrogens with zero attached hydrogens (tertiary/aromatic N) is 2. The van der Waals surface area contributed by atoms with Crippen LogP contribution in [0.15, 0.2) is 22.2 Å². The molecule has 0 amide bonds. The van der Waals surface area contributed by atoms with Gasteiger partial charge in [0.2, 0.25) is 0 Å². The molecule has 3 nitrogen and oxygen atoms in total. The molecule has 0 unspecified atom stereocenters. The Morgan fingerprint density at radius 1 is 1.64 bits per heavy atom. The lowest BCUT2D eigenvalue weighted by molar-refractivity contribution is 0.726. The van der Waals surface area contributed by atoms with Crippen LogP contribution in [0, 0.1) is 0 Å². The van der Waals surface area contributed by atoms with Crippen LogP contribution in [-0.2, 0) is 6.54 Å². The van der Waals surface area contributed by atoms with Gasteiger partial charge in [-0.25, -0.2) is 4.98 Å². The lowest BCUT2D eigenvalue weighted by atomic mass is 10.3. The summed E-state index contributed by atoms with van der Waals surface area (Å²) in [7, 11) is 0. The molecule has 0 aromatic carbocycles. The highest BCUT2D eigenvalue weighted by Gasteiger charge is 2.06. The van der Waals surface area contributed by atoms with E-state index in [4.69, 9.17) is 34.8 Å². The summed E-state index contributed by atoms with van der Waals surface area (Å²) in [4.78, 5) is 15.2. The predicted molar refractivity (Wildman–Crippen MR) is 58.1 cm³/mol. The molecule has 76 valence electrons. The van der Waals surface area contributed by atoms with E-state index in [2.05, 4.69) is 4.98 Å². The van der Waals surface area contributed by atoms with E-state index < -0.39 is 0 Å². The summed E-state index contributed by atoms with van der Waals surface area (Å²) in [5.74, 6) is 0. The smallest absolute Gasteiger partial charge is 0.273 e. The molecule has 0 saturated heterocycles. The van der Waals surface area contributed by atoms with Gasteiger partial charge >= 0.3 is 0 Å². The van der Waals surface area contributed by atoms with E-state index in [1.165, 1.54) is 16.4 Å². The Balaban J connectivity index is 3.13. The molecule has 14 heavy (non-hydrogen) atoms. The highest BCUT2D eigenvalue weighted by atomic mass is 35.5. The molecule has 0 spiro atoms. The van der Waals surface area contributed by atoms with Crippen LogP contribution >= 0.6 is 34.8 Å². The van der Waals surface area contributed by atoms with E-state index in [1.54, 1.807) is 6.92 Å². The average Bonchev–Trinajstić information content (AvgIpc) is 2.19. The summed E-state index contributed by atoms with van der Waals surface area (Å²) in [6.07, 6.45) is 1.33. The number of hydrogen-bond donors (Lipinski definition) is 0. The second kappa shape index (κ2) is 4.82. The lowest BCUT2D eigenvalue weighted by Gasteiger charge is -2.05. The maximum Gasteiger partial charge on any atom is 0.273 e. The van der Waals surface area contributed by atoms with Crippen LogP contribution in [0.3, 0.4) is 0 Å². The van der Waals surface area contributed by atoms with Gasteiger partial charge in [-0.05, 0) is 12.5 Å². The third-order valence-corrected chi connectivity index (χ3v) is 2.64. The van der Waals surface area contributed by atoms with Crippen LogP contribution in [0.4, 0.5) is 0 Å². The second-order valence-electron chi connectivity index (χ2n) is 2.74. The van der Waals surface area contributed by atoms with E-state index in [-0.39, 0.29) is 15.7 Å². The highest BCUT2D eigenvalue weighted by Crippen LogP contribution is 2.13. The summed E-state index contributed by atoms with van der Waals surface area (Å²) in [6.45, 7) is 2.15. The molecule has 1 heterocycles. The Kier molecular flexibility index (Phi) is 3.98. The number of hydrogen-bond acceptors (Lipinski definition) is 2. The van der Waals surface area contributed by atoms with E-state index >= 15 is 0 Å². The van der Waals surface area contributed by atoms with Gasteiger partial charge in [-0.1, -0.05) is 34.8 Å². The van der Waals surface area contributed by atoms with Gasteiger partial charge < -0.3 is 0 Å². The monoisotopic (exact) mass is 252 g/mol. The molecule has 0 aliphatic carbocycles. The van der Waals surface area contributed by atoms with Crippen LogP contribution in [-0.4, -0.2) is 9.55 Å². The average molecular weight is 254 g/mol. The Morgan fingerprint density at radius 2 is 2.29 bits per heavy atom. The van der Waals surface area contributed by atoms with Gasteiger partial charge in [0.25, 0.3) is 5.56 Å². The lowest BCUT2D eigenvalue weighted by Crippen LogP contribution is -2.21. The maximum absolute atomic E-state index is 11.5. The summed E-state index contributed by atoms with van der Waals surface area (Å²) < 4.78 is 1.34. The fourth-order valence-electron chi connectivity index (χ4n) is 0.860. The van der Waals surface area contributed by atoms with E-state index in [0.29, 0.717) is 6.54 Å². The van der Waals surface area contributed by atoms with Crippen LogP contribution in [0.5, 0.6) is 0 Å². The van der Waals surface area contributed by atoms with E-state index in [0.717, 1.165) is 5.57 Å². The molecule has 0 aliphatic rings. The summed E-state index contributed by atoms with van der Waals surface area (Å²) in [5.41, 5.74) is 1.85. The van der Waals surface area contributed by atoms with Crippen LogP contribution in [0.1, 0.15) is 6.92 Å². The molecule has 1 aromatic rings. The molecule has 0 aliphatic heterocycles. The van der Waals surface area contributed by atoms with Gasteiger partial charge in [0.15, 0.2) is 5.15 Å². The van der Waals surface area contributed by atoms with Crippen LogP contribution in [0.2, 0.25) is 10.2 Å². The molecule has 0 fully saturated rings. The van der Waals surface area contributed by atoms with Crippen molar-refractivity contribution in [1.29, 1.82) is 0 Å². The fourth-order valence-corrected chi connectivity index (χ4v) is 1.21. The molecule has 6 heteroatoms. The van der Waals surface area contributed by atoms with Gasteiger partial charge in [0, 0.05) is 12.1 Å². The minimum atomic E-state index is -0.371. The topological polar surface area (TPSA) is 34.9 Å². The zero-order chi connectivity index (χ0) is 10.7. The van der Waals surface area contributed by atoms with Crippen LogP contribution in [0.25, 0.3) is 0 Å². The zero-order valence-corrected chi connectivity index (χ0v) is 9.57. The summed E-state index contributed by atoms with van der Waals surface area (Å²) in [6, 6.07) is 0. The first-order valence-electron chi connectivity index (χ1n) is 3.72. The quantitative estimate of drug-likeness (QED) is 0.760. The van der Waals surface area contributed by atoms with Crippen molar-refractivity contribution < 1.29 is 0 Å². The number of rotatable bonds is 2. The molecule has 1 rings (SSSR count). The number of aromatic nitrogens is 2. The largest absolute Gasteiger partial charge is 0.294 e. The number of allylic oxidation sites excluding steroid dienone is 1. The first kappa shape index (κ1) is 11.6. The third-order valence-electron chi connectivity index (χ3n) is 1.55. The van der Waals surface area contributed by atoms with Gasteiger partial charge in [-0.2, -0.15) is 0 Å². The Bertz CT molecular complexity index is 425. The Morgan fingerprint density at radius 3 is 2.86 bits per heavy atom. The van der Waals surface area contributed by atoms with Crippen molar-refractivity contribution in [3.8, 4) is 0 Å². The van der Waals surface area contributed by atoms with Gasteiger partial charge in [-0.3, -0.25) is 9.36 Å². The molecule has 0 saturated carbocycles. The number of halogens is 3. The molecular weight excluding hydrogens is 246 g/mol. The highest BCUT2D eigenvalue weighted by molar-refractivity contribution is 6.40. The van der Waals surface area contributed by atoms with Crippen molar-refractivity contribution in [2.75, 3.05) is 0 Å². The Labute approximate surface area is 95.9 Å². The molecular formula is C8H7Cl3N2O. The van der Waals surface area contributed by atoms with Crippen molar-refractivity contribution in [3.63, 3.8) is 0 Å². The minimum absolute atomic E-state index is 0.0143. The van der Waals surface area contributed by atoms with Gasteiger partial charge in [-0.15, -0.1) is 0 Å². The predicted octanol–water partition coefficient (Wildman–Crippen LogP) is 2.69. The van der Waals surface area contributed by atoms with Crippen molar-refractivity contribution in [1.82, 2.24) is 9.55 Å².